The second-order valence-electron chi connectivity index (χ2n) is 10.1. The van der Waals surface area contributed by atoms with E-state index in [0.717, 1.165) is 22.3 Å². The van der Waals surface area contributed by atoms with Gasteiger partial charge in [-0.1, -0.05) is 74.4 Å². The quantitative estimate of drug-likeness (QED) is 0.237. The molecule has 0 saturated carbocycles. The van der Waals surface area contributed by atoms with Crippen molar-refractivity contribution in [1.29, 1.82) is 0 Å². The highest BCUT2D eigenvalue weighted by molar-refractivity contribution is 5.86. The summed E-state index contributed by atoms with van der Waals surface area (Å²) in [6.45, 7) is 4.38. The lowest BCUT2D eigenvalue weighted by atomic mass is 9.81. The predicted octanol–water partition coefficient (Wildman–Crippen LogP) is 9.28. The molecule has 0 radical (unpaired) electrons. The van der Waals surface area contributed by atoms with E-state index in [0.29, 0.717) is 11.1 Å². The molecule has 0 aliphatic heterocycles. The van der Waals surface area contributed by atoms with Crippen molar-refractivity contribution in [3.05, 3.63) is 120 Å². The molecule has 0 amide bonds. The number of nitrogens with zero attached hydrogens (tertiary/aromatic N) is 2. The molecule has 0 bridgehead atoms. The molecule has 5 aromatic carbocycles. The van der Waals surface area contributed by atoms with Crippen LogP contribution in [-0.2, 0) is 5.41 Å². The molecule has 0 saturated heterocycles. The van der Waals surface area contributed by atoms with Crippen molar-refractivity contribution in [2.24, 2.45) is 0 Å². The van der Waals surface area contributed by atoms with Gasteiger partial charge >= 0.3 is 0 Å². The van der Waals surface area contributed by atoms with Crippen LogP contribution in [0.25, 0.3) is 67.4 Å². The van der Waals surface area contributed by atoms with Gasteiger partial charge in [-0.05, 0) is 81.8 Å². The number of hydrogen-bond donors (Lipinski definition) is 0. The molecule has 4 nitrogen and oxygen atoms in total. The average molecular weight is 513 g/mol. The minimum Gasteiger partial charge on any atom is -0.436 e. The van der Waals surface area contributed by atoms with Crippen LogP contribution in [-0.4, -0.2) is 9.97 Å². The van der Waals surface area contributed by atoms with E-state index < -0.39 is 24.2 Å². The second kappa shape index (κ2) is 8.02. The molecule has 186 valence electrons. The molecule has 0 fully saturated rings. The predicted molar refractivity (Wildman–Crippen MR) is 155 cm³/mol. The molecule has 7 aromatic rings. The van der Waals surface area contributed by atoms with Crippen LogP contribution >= 0.6 is 0 Å². The standard InChI is InChI=1S/C35H24N2O2/c1-35(2)27-10-4-3-9-25(27)26-16-15-21(20-28(26)35)22-17-23(33-36-29-11-5-7-13-31(29)38-33)19-24(18-22)34-37-30-12-6-8-14-32(30)39-34/h3-20H,1-2H3/i5D,6D,7D,8D,11D,12D,13D,14D. The zero-order chi connectivity index (χ0) is 33.1. The Morgan fingerprint density at radius 3 is 1.82 bits per heavy atom. The Kier molecular flexibility index (Phi) is 3.18. The summed E-state index contributed by atoms with van der Waals surface area (Å²) in [4.78, 5) is 8.96. The van der Waals surface area contributed by atoms with Crippen LogP contribution in [0.2, 0.25) is 0 Å². The molecular weight excluding hydrogens is 480 g/mol. The Bertz CT molecular complexity index is 2290. The van der Waals surface area contributed by atoms with Gasteiger partial charge in [-0.25, -0.2) is 9.97 Å². The van der Waals surface area contributed by atoms with Gasteiger partial charge in [-0.15, -0.1) is 0 Å². The summed E-state index contributed by atoms with van der Waals surface area (Å²) in [5.74, 6) is 0.119. The molecule has 1 aliphatic carbocycles. The third-order valence-corrected chi connectivity index (χ3v) is 7.44. The zero-order valence-corrected chi connectivity index (χ0v) is 21.0. The maximum Gasteiger partial charge on any atom is 0.227 e. The lowest BCUT2D eigenvalue weighted by molar-refractivity contribution is 0.617. The second-order valence-corrected chi connectivity index (χ2v) is 10.1. The van der Waals surface area contributed by atoms with Gasteiger partial charge in [0, 0.05) is 16.5 Å². The van der Waals surface area contributed by atoms with Crippen LogP contribution in [0, 0.1) is 0 Å². The van der Waals surface area contributed by atoms with Crippen molar-refractivity contribution < 1.29 is 19.8 Å². The van der Waals surface area contributed by atoms with E-state index in [1.807, 2.05) is 30.3 Å². The first-order valence-electron chi connectivity index (χ1n) is 16.5. The van der Waals surface area contributed by atoms with Crippen LogP contribution in [0.4, 0.5) is 0 Å². The van der Waals surface area contributed by atoms with Gasteiger partial charge < -0.3 is 8.83 Å². The Labute approximate surface area is 236 Å². The molecule has 0 spiro atoms. The van der Waals surface area contributed by atoms with Gasteiger partial charge in [-0.2, -0.15) is 0 Å². The van der Waals surface area contributed by atoms with Crippen LogP contribution in [0.1, 0.15) is 35.9 Å². The minimum absolute atomic E-state index is 0.000469. The SMILES string of the molecule is [2H]c1c([2H])c([2H])c2oc(-c3cc(-c4ccc5c(c4)C(C)(C)c4ccccc4-5)cc(-c4nc5c([2H])c([2H])c([2H])c([2H])c5o4)c3)nc2c1[2H]. The normalized spacial score (nSPS) is 16.5. The van der Waals surface area contributed by atoms with Crippen molar-refractivity contribution in [1.82, 2.24) is 9.97 Å². The molecule has 39 heavy (non-hydrogen) atoms. The first-order valence-corrected chi connectivity index (χ1v) is 12.5. The number of hydrogen-bond acceptors (Lipinski definition) is 4. The molecule has 8 rings (SSSR count). The molecule has 1 aliphatic rings. The summed E-state index contributed by atoms with van der Waals surface area (Å²) >= 11 is 0. The topological polar surface area (TPSA) is 52.1 Å². The van der Waals surface area contributed by atoms with Crippen LogP contribution < -0.4 is 0 Å². The van der Waals surface area contributed by atoms with Crippen molar-refractivity contribution >= 4 is 22.2 Å². The number of para-hydroxylation sites is 4. The van der Waals surface area contributed by atoms with Gasteiger partial charge in [0.15, 0.2) is 11.2 Å². The van der Waals surface area contributed by atoms with Crippen molar-refractivity contribution in [2.45, 2.75) is 19.3 Å². The molecule has 2 heterocycles. The first kappa shape index (κ1) is 15.5. The number of rotatable bonds is 3. The van der Waals surface area contributed by atoms with Gasteiger partial charge in [0.2, 0.25) is 11.8 Å². The van der Waals surface area contributed by atoms with Gasteiger partial charge in [0.05, 0.1) is 11.0 Å². The maximum absolute atomic E-state index is 8.35. The van der Waals surface area contributed by atoms with Gasteiger partial charge in [-0.3, -0.25) is 0 Å². The van der Waals surface area contributed by atoms with Crippen molar-refractivity contribution in [2.75, 3.05) is 0 Å². The van der Waals surface area contributed by atoms with Crippen molar-refractivity contribution in [3.63, 3.8) is 0 Å². The highest BCUT2D eigenvalue weighted by atomic mass is 16.4. The fraction of sp³-hybridized carbons (Fsp3) is 0.0857. The fourth-order valence-corrected chi connectivity index (χ4v) is 5.51. The average Bonchev–Trinajstić information content (AvgIpc) is 3.79. The van der Waals surface area contributed by atoms with Crippen LogP contribution in [0.5, 0.6) is 0 Å². The molecule has 0 unspecified atom stereocenters. The summed E-state index contributed by atoms with van der Waals surface area (Å²) in [5, 5.41) is 0. The van der Waals surface area contributed by atoms with Crippen LogP contribution in [0.15, 0.2) is 118 Å². The Morgan fingerprint density at radius 1 is 0.590 bits per heavy atom. The van der Waals surface area contributed by atoms with E-state index >= 15 is 0 Å². The Hall–Kier alpha value is -4.96. The third-order valence-electron chi connectivity index (χ3n) is 7.44. The lowest BCUT2D eigenvalue weighted by Gasteiger charge is -2.22. The summed E-state index contributed by atoms with van der Waals surface area (Å²) in [5.41, 5.74) is 6.81. The summed E-state index contributed by atoms with van der Waals surface area (Å²) in [7, 11) is 0. The summed E-state index contributed by atoms with van der Waals surface area (Å²) < 4.78 is 77.6. The Balaban J connectivity index is 1.37. The maximum atomic E-state index is 8.35. The molecule has 0 N–H and O–H groups in total. The van der Waals surface area contributed by atoms with E-state index in [9.17, 15) is 0 Å². The van der Waals surface area contributed by atoms with E-state index in [-0.39, 0.29) is 63.6 Å². The number of aromatic nitrogens is 2. The van der Waals surface area contributed by atoms with E-state index in [1.165, 1.54) is 11.1 Å². The largest absolute Gasteiger partial charge is 0.436 e. The number of benzene rings is 5. The number of fused-ring (bicyclic) bond motifs is 5. The highest BCUT2D eigenvalue weighted by Gasteiger charge is 2.35. The minimum atomic E-state index is -0.423. The molecule has 4 heteroatoms. The fourth-order valence-electron chi connectivity index (χ4n) is 5.51. The van der Waals surface area contributed by atoms with E-state index in [2.05, 4.69) is 48.1 Å². The van der Waals surface area contributed by atoms with E-state index in [1.54, 1.807) is 6.07 Å². The van der Waals surface area contributed by atoms with Gasteiger partial charge in [0.1, 0.15) is 11.0 Å². The Morgan fingerprint density at radius 2 is 1.15 bits per heavy atom. The molecule has 2 aromatic heterocycles. The third kappa shape index (κ3) is 3.38. The lowest BCUT2D eigenvalue weighted by Crippen LogP contribution is -2.14. The highest BCUT2D eigenvalue weighted by Crippen LogP contribution is 2.49. The first-order chi connectivity index (χ1) is 22.4. The summed E-state index contributed by atoms with van der Waals surface area (Å²) in [6, 6.07) is 17.0. The monoisotopic (exact) mass is 512 g/mol. The van der Waals surface area contributed by atoms with Crippen LogP contribution in [0.3, 0.4) is 0 Å². The number of oxazole rings is 2. The summed E-state index contributed by atoms with van der Waals surface area (Å²) in [6.07, 6.45) is 0. The molecule has 0 atom stereocenters. The van der Waals surface area contributed by atoms with Gasteiger partial charge in [0.25, 0.3) is 0 Å². The van der Waals surface area contributed by atoms with E-state index in [4.69, 9.17) is 19.8 Å². The smallest absolute Gasteiger partial charge is 0.227 e. The molecular formula is C35H24N2O2. The zero-order valence-electron chi connectivity index (χ0n) is 29.0. The van der Waals surface area contributed by atoms with Crippen molar-refractivity contribution in [3.8, 4) is 45.2 Å².